The largest absolute Gasteiger partial charge is 0.481 e. The van der Waals surface area contributed by atoms with Crippen molar-refractivity contribution in [3.63, 3.8) is 0 Å². The number of likely N-dealkylation sites (tertiary alicyclic amines) is 1. The van der Waals surface area contributed by atoms with Gasteiger partial charge in [-0.3, -0.25) is 4.79 Å². The third-order valence-corrected chi connectivity index (χ3v) is 3.86. The Kier molecular flexibility index (Phi) is 6.93. The van der Waals surface area contributed by atoms with Gasteiger partial charge in [0.15, 0.2) is 0 Å². The molecular formula is C12H22N2O3S. The number of aliphatic carboxylic acids is 1. The van der Waals surface area contributed by atoms with E-state index >= 15 is 0 Å². The normalized spacial score (nSPS) is 19.6. The van der Waals surface area contributed by atoms with Gasteiger partial charge in [0.25, 0.3) is 0 Å². The van der Waals surface area contributed by atoms with E-state index in [9.17, 15) is 9.59 Å². The molecule has 1 rings (SSSR count). The second-order valence-electron chi connectivity index (χ2n) is 4.64. The summed E-state index contributed by atoms with van der Waals surface area (Å²) in [4.78, 5) is 24.0. The van der Waals surface area contributed by atoms with Crippen molar-refractivity contribution in [1.82, 2.24) is 10.2 Å². The number of piperidine rings is 1. The third-order valence-electron chi connectivity index (χ3n) is 3.05. The average molecular weight is 274 g/mol. The minimum absolute atomic E-state index is 0.0498. The molecule has 1 aliphatic rings. The van der Waals surface area contributed by atoms with Crippen molar-refractivity contribution in [2.45, 2.75) is 25.7 Å². The molecule has 0 aliphatic carbocycles. The molecule has 2 N–H and O–H groups in total. The number of hydrogen-bond acceptors (Lipinski definition) is 3. The van der Waals surface area contributed by atoms with Gasteiger partial charge in [-0.05, 0) is 37.2 Å². The molecule has 1 aliphatic heterocycles. The van der Waals surface area contributed by atoms with Gasteiger partial charge in [0.2, 0.25) is 0 Å². The second kappa shape index (κ2) is 8.24. The van der Waals surface area contributed by atoms with Gasteiger partial charge in [0.05, 0.1) is 0 Å². The van der Waals surface area contributed by atoms with Gasteiger partial charge in [0, 0.05) is 26.1 Å². The first kappa shape index (κ1) is 15.1. The zero-order valence-corrected chi connectivity index (χ0v) is 11.7. The fourth-order valence-corrected chi connectivity index (χ4v) is 2.91. The summed E-state index contributed by atoms with van der Waals surface area (Å²) in [5.74, 6) is 0.878. The molecule has 1 unspecified atom stereocenters. The molecule has 0 aromatic carbocycles. The molecular weight excluding hydrogens is 252 g/mol. The first-order valence-electron chi connectivity index (χ1n) is 6.37. The first-order valence-corrected chi connectivity index (χ1v) is 7.76. The lowest BCUT2D eigenvalue weighted by Crippen LogP contribution is -2.46. The van der Waals surface area contributed by atoms with Crippen molar-refractivity contribution in [3.05, 3.63) is 0 Å². The molecule has 0 aromatic rings. The van der Waals surface area contributed by atoms with Crippen molar-refractivity contribution < 1.29 is 14.7 Å². The SMILES string of the molecule is CSCC1CCCN(C(=O)NCCCC(=O)O)C1. The molecule has 104 valence electrons. The van der Waals surface area contributed by atoms with Crippen LogP contribution in [-0.4, -0.2) is 53.6 Å². The van der Waals surface area contributed by atoms with Gasteiger partial charge < -0.3 is 15.3 Å². The van der Waals surface area contributed by atoms with Crippen LogP contribution in [0.5, 0.6) is 0 Å². The van der Waals surface area contributed by atoms with Gasteiger partial charge in [0.1, 0.15) is 0 Å². The lowest BCUT2D eigenvalue weighted by molar-refractivity contribution is -0.137. The van der Waals surface area contributed by atoms with Crippen LogP contribution >= 0.6 is 11.8 Å². The van der Waals surface area contributed by atoms with Crippen molar-refractivity contribution in [3.8, 4) is 0 Å². The highest BCUT2D eigenvalue weighted by molar-refractivity contribution is 7.98. The van der Waals surface area contributed by atoms with E-state index in [-0.39, 0.29) is 12.5 Å². The van der Waals surface area contributed by atoms with Crippen molar-refractivity contribution >= 4 is 23.8 Å². The number of urea groups is 1. The Morgan fingerprint density at radius 2 is 2.28 bits per heavy atom. The predicted molar refractivity (Wildman–Crippen MR) is 72.9 cm³/mol. The summed E-state index contributed by atoms with van der Waals surface area (Å²) in [6.45, 7) is 2.08. The topological polar surface area (TPSA) is 69.6 Å². The van der Waals surface area contributed by atoms with Crippen LogP contribution in [0.25, 0.3) is 0 Å². The number of carbonyl (C=O) groups excluding carboxylic acids is 1. The van der Waals surface area contributed by atoms with Crippen LogP contribution < -0.4 is 5.32 Å². The number of carboxylic acids is 1. The summed E-state index contributed by atoms with van der Waals surface area (Å²) in [5.41, 5.74) is 0. The Morgan fingerprint density at radius 3 is 2.94 bits per heavy atom. The van der Waals surface area contributed by atoms with E-state index in [0.29, 0.717) is 18.9 Å². The van der Waals surface area contributed by atoms with Gasteiger partial charge in [-0.2, -0.15) is 11.8 Å². The molecule has 1 heterocycles. The van der Waals surface area contributed by atoms with Gasteiger partial charge in [-0.1, -0.05) is 0 Å². The number of nitrogens with zero attached hydrogens (tertiary/aromatic N) is 1. The molecule has 0 aromatic heterocycles. The number of amides is 2. The fraction of sp³-hybridized carbons (Fsp3) is 0.833. The van der Waals surface area contributed by atoms with E-state index in [0.717, 1.165) is 25.3 Å². The minimum Gasteiger partial charge on any atom is -0.481 e. The number of carbonyl (C=O) groups is 2. The summed E-state index contributed by atoms with van der Waals surface area (Å²) in [6.07, 6.45) is 4.95. The molecule has 0 spiro atoms. The predicted octanol–water partition coefficient (Wildman–Crippen LogP) is 1.64. The van der Waals surface area contributed by atoms with Crippen LogP contribution in [0.3, 0.4) is 0 Å². The summed E-state index contributed by atoms with van der Waals surface area (Å²) >= 11 is 1.82. The van der Waals surface area contributed by atoms with Crippen molar-refractivity contribution in [2.75, 3.05) is 31.6 Å². The van der Waals surface area contributed by atoms with Crippen LogP contribution in [0.4, 0.5) is 4.79 Å². The standard InChI is InChI=1S/C12H22N2O3S/c1-18-9-10-4-3-7-14(8-10)12(17)13-6-2-5-11(15)16/h10H,2-9H2,1H3,(H,13,17)(H,15,16). The number of hydrogen-bond donors (Lipinski definition) is 2. The Morgan fingerprint density at radius 1 is 1.50 bits per heavy atom. The lowest BCUT2D eigenvalue weighted by Gasteiger charge is -2.32. The molecule has 5 nitrogen and oxygen atoms in total. The van der Waals surface area contributed by atoms with Crippen LogP contribution in [0.15, 0.2) is 0 Å². The van der Waals surface area contributed by atoms with Crippen LogP contribution in [-0.2, 0) is 4.79 Å². The summed E-state index contributed by atoms with van der Waals surface area (Å²) < 4.78 is 0. The minimum atomic E-state index is -0.817. The first-order chi connectivity index (χ1) is 8.63. The maximum Gasteiger partial charge on any atom is 0.317 e. The zero-order chi connectivity index (χ0) is 13.4. The van der Waals surface area contributed by atoms with E-state index in [1.807, 2.05) is 16.7 Å². The van der Waals surface area contributed by atoms with Crippen LogP contribution in [0, 0.1) is 5.92 Å². The van der Waals surface area contributed by atoms with Crippen LogP contribution in [0.2, 0.25) is 0 Å². The highest BCUT2D eigenvalue weighted by Crippen LogP contribution is 2.19. The molecule has 1 saturated heterocycles. The molecule has 6 heteroatoms. The maximum atomic E-state index is 11.9. The molecule has 18 heavy (non-hydrogen) atoms. The third kappa shape index (κ3) is 5.62. The zero-order valence-electron chi connectivity index (χ0n) is 10.9. The Bertz CT molecular complexity index is 284. The Labute approximate surface area is 112 Å². The number of rotatable bonds is 6. The second-order valence-corrected chi connectivity index (χ2v) is 5.55. The molecule has 1 atom stereocenters. The Balaban J connectivity index is 2.21. The molecule has 0 saturated carbocycles. The number of carboxylic acid groups (broad SMARTS) is 1. The maximum absolute atomic E-state index is 11.9. The number of nitrogens with one attached hydrogen (secondary N) is 1. The molecule has 0 radical (unpaired) electrons. The lowest BCUT2D eigenvalue weighted by atomic mass is 10.0. The van der Waals surface area contributed by atoms with E-state index in [4.69, 9.17) is 5.11 Å². The quantitative estimate of drug-likeness (QED) is 0.722. The fourth-order valence-electron chi connectivity index (χ4n) is 2.17. The van der Waals surface area contributed by atoms with Gasteiger partial charge in [-0.25, -0.2) is 4.79 Å². The molecule has 2 amide bonds. The van der Waals surface area contributed by atoms with Gasteiger partial charge in [-0.15, -0.1) is 0 Å². The highest BCUT2D eigenvalue weighted by atomic mass is 32.2. The molecule has 1 fully saturated rings. The van der Waals surface area contributed by atoms with E-state index in [1.165, 1.54) is 6.42 Å². The van der Waals surface area contributed by atoms with Crippen LogP contribution in [0.1, 0.15) is 25.7 Å². The van der Waals surface area contributed by atoms with E-state index < -0.39 is 5.97 Å². The summed E-state index contributed by atoms with van der Waals surface area (Å²) in [6, 6.07) is -0.0498. The monoisotopic (exact) mass is 274 g/mol. The van der Waals surface area contributed by atoms with Crippen molar-refractivity contribution in [2.24, 2.45) is 5.92 Å². The van der Waals surface area contributed by atoms with Gasteiger partial charge >= 0.3 is 12.0 Å². The number of thioether (sulfide) groups is 1. The van der Waals surface area contributed by atoms with E-state index in [2.05, 4.69) is 11.6 Å². The average Bonchev–Trinajstić information content (AvgIpc) is 2.35. The van der Waals surface area contributed by atoms with E-state index in [1.54, 1.807) is 0 Å². The Hall–Kier alpha value is -0.910. The van der Waals surface area contributed by atoms with Crippen molar-refractivity contribution in [1.29, 1.82) is 0 Å². The smallest absolute Gasteiger partial charge is 0.317 e. The summed E-state index contributed by atoms with van der Waals surface area (Å²) in [5, 5.41) is 11.3. The highest BCUT2D eigenvalue weighted by Gasteiger charge is 2.22. The molecule has 0 bridgehead atoms. The summed E-state index contributed by atoms with van der Waals surface area (Å²) in [7, 11) is 0.